The Kier molecular flexibility index (Phi) is 6.24. The van der Waals surface area contributed by atoms with E-state index in [-0.39, 0.29) is 5.91 Å². The van der Waals surface area contributed by atoms with Crippen molar-refractivity contribution < 1.29 is 4.79 Å². The van der Waals surface area contributed by atoms with Gasteiger partial charge in [-0.15, -0.1) is 0 Å². The number of nitrogens with zero attached hydrogens (tertiary/aromatic N) is 2. The lowest BCUT2D eigenvalue weighted by Crippen LogP contribution is -2.25. The topological polar surface area (TPSA) is 96.7 Å². The van der Waals surface area contributed by atoms with E-state index in [9.17, 15) is 4.79 Å². The van der Waals surface area contributed by atoms with Crippen LogP contribution in [0.4, 0.5) is 0 Å². The number of nitrogens with one attached hydrogen (secondary N) is 2. The van der Waals surface area contributed by atoms with E-state index in [0.29, 0.717) is 25.4 Å². The number of nitrogens with two attached hydrogens (primary N) is 1. The third kappa shape index (κ3) is 6.01. The predicted molar refractivity (Wildman–Crippen MR) is 65.2 cm³/mol. The molecular weight excluding hydrogens is 218 g/mol. The third-order valence-electron chi connectivity index (χ3n) is 2.64. The number of hydrogen-bond donors (Lipinski definition) is 3. The van der Waals surface area contributed by atoms with Gasteiger partial charge in [-0.25, -0.2) is 4.98 Å². The van der Waals surface area contributed by atoms with Crippen molar-refractivity contribution in [2.45, 2.75) is 32.6 Å². The van der Waals surface area contributed by atoms with Gasteiger partial charge in [-0.1, -0.05) is 6.92 Å². The van der Waals surface area contributed by atoms with Crippen LogP contribution in [0.1, 0.15) is 32.0 Å². The Morgan fingerprint density at radius 3 is 3.12 bits per heavy atom. The standard InChI is InChI=1S/C11H21N5O/c1-9(7-12)4-5-11(17)13-6-2-3-10-14-8-15-16-10/h8-9H,2-7,12H2,1H3,(H,13,17)(H,14,15,16). The molecule has 96 valence electrons. The van der Waals surface area contributed by atoms with E-state index in [4.69, 9.17) is 5.73 Å². The summed E-state index contributed by atoms with van der Waals surface area (Å²) in [5.41, 5.74) is 5.49. The fourth-order valence-electron chi connectivity index (χ4n) is 1.42. The largest absolute Gasteiger partial charge is 0.356 e. The van der Waals surface area contributed by atoms with Gasteiger partial charge in [0.2, 0.25) is 5.91 Å². The quantitative estimate of drug-likeness (QED) is 0.566. The molecule has 4 N–H and O–H groups in total. The Morgan fingerprint density at radius 1 is 1.65 bits per heavy atom. The van der Waals surface area contributed by atoms with Gasteiger partial charge in [0.1, 0.15) is 12.2 Å². The first-order valence-corrected chi connectivity index (χ1v) is 6.03. The number of hydrogen-bond acceptors (Lipinski definition) is 4. The van der Waals surface area contributed by atoms with Gasteiger partial charge >= 0.3 is 0 Å². The van der Waals surface area contributed by atoms with Crippen LogP contribution in [0.2, 0.25) is 0 Å². The summed E-state index contributed by atoms with van der Waals surface area (Å²) in [5, 5.41) is 9.43. The highest BCUT2D eigenvalue weighted by atomic mass is 16.1. The molecule has 0 aliphatic heterocycles. The average Bonchev–Trinajstić information content (AvgIpc) is 2.84. The number of rotatable bonds is 8. The van der Waals surface area contributed by atoms with E-state index in [1.807, 2.05) is 0 Å². The van der Waals surface area contributed by atoms with Crippen molar-refractivity contribution >= 4 is 5.91 Å². The highest BCUT2D eigenvalue weighted by molar-refractivity contribution is 5.75. The molecular formula is C11H21N5O. The van der Waals surface area contributed by atoms with Gasteiger partial charge in [-0.2, -0.15) is 5.10 Å². The zero-order valence-corrected chi connectivity index (χ0v) is 10.3. The van der Waals surface area contributed by atoms with E-state index in [1.165, 1.54) is 6.33 Å². The van der Waals surface area contributed by atoms with Crippen LogP contribution in [0.15, 0.2) is 6.33 Å². The van der Waals surface area contributed by atoms with Crippen LogP contribution in [0, 0.1) is 5.92 Å². The number of aromatic nitrogens is 3. The number of H-pyrrole nitrogens is 1. The summed E-state index contributed by atoms with van der Waals surface area (Å²) >= 11 is 0. The lowest BCUT2D eigenvalue weighted by molar-refractivity contribution is -0.121. The van der Waals surface area contributed by atoms with Crippen LogP contribution in [0.25, 0.3) is 0 Å². The Bertz CT molecular complexity index is 312. The maximum atomic E-state index is 11.4. The maximum Gasteiger partial charge on any atom is 0.220 e. The van der Waals surface area contributed by atoms with Crippen LogP contribution < -0.4 is 11.1 Å². The number of amides is 1. The molecule has 0 radical (unpaired) electrons. The van der Waals surface area contributed by atoms with Crippen molar-refractivity contribution in [2.24, 2.45) is 11.7 Å². The molecule has 0 saturated carbocycles. The first-order chi connectivity index (χ1) is 8.22. The van der Waals surface area contributed by atoms with E-state index in [0.717, 1.165) is 25.1 Å². The predicted octanol–water partition coefficient (Wildman–Crippen LogP) is 0.229. The minimum atomic E-state index is 0.0999. The highest BCUT2D eigenvalue weighted by Crippen LogP contribution is 2.02. The zero-order valence-electron chi connectivity index (χ0n) is 10.3. The molecule has 0 aromatic carbocycles. The second-order valence-corrected chi connectivity index (χ2v) is 4.27. The normalized spacial score (nSPS) is 12.4. The Hall–Kier alpha value is -1.43. The summed E-state index contributed by atoms with van der Waals surface area (Å²) in [5.74, 6) is 1.37. The zero-order chi connectivity index (χ0) is 12.5. The van der Waals surface area contributed by atoms with Crippen molar-refractivity contribution in [1.29, 1.82) is 0 Å². The molecule has 1 aromatic rings. The molecule has 0 bridgehead atoms. The molecule has 6 nitrogen and oxygen atoms in total. The first-order valence-electron chi connectivity index (χ1n) is 6.03. The molecule has 0 aliphatic rings. The van der Waals surface area contributed by atoms with Gasteiger partial charge in [0, 0.05) is 19.4 Å². The lowest BCUT2D eigenvalue weighted by Gasteiger charge is -2.08. The summed E-state index contributed by atoms with van der Waals surface area (Å²) in [6, 6.07) is 0. The molecule has 1 aromatic heterocycles. The molecule has 1 atom stereocenters. The SMILES string of the molecule is CC(CN)CCC(=O)NCCCc1ncn[nH]1. The van der Waals surface area contributed by atoms with E-state index < -0.39 is 0 Å². The fourth-order valence-corrected chi connectivity index (χ4v) is 1.42. The van der Waals surface area contributed by atoms with E-state index in [2.05, 4.69) is 27.4 Å². The number of aryl methyl sites for hydroxylation is 1. The van der Waals surface area contributed by atoms with Gasteiger partial charge in [0.25, 0.3) is 0 Å². The Balaban J connectivity index is 2.00. The van der Waals surface area contributed by atoms with Crippen molar-refractivity contribution in [1.82, 2.24) is 20.5 Å². The van der Waals surface area contributed by atoms with Crippen LogP contribution in [0.5, 0.6) is 0 Å². The van der Waals surface area contributed by atoms with Crippen molar-refractivity contribution in [3.8, 4) is 0 Å². The summed E-state index contributed by atoms with van der Waals surface area (Å²) < 4.78 is 0. The summed E-state index contributed by atoms with van der Waals surface area (Å²) in [6.45, 7) is 3.37. The highest BCUT2D eigenvalue weighted by Gasteiger charge is 2.04. The molecule has 0 fully saturated rings. The van der Waals surface area contributed by atoms with Gasteiger partial charge in [-0.05, 0) is 25.3 Å². The van der Waals surface area contributed by atoms with Crippen molar-refractivity contribution in [3.63, 3.8) is 0 Å². The summed E-state index contributed by atoms with van der Waals surface area (Å²) in [6.07, 6.45) is 4.57. The van der Waals surface area contributed by atoms with Crippen LogP contribution >= 0.6 is 0 Å². The van der Waals surface area contributed by atoms with Crippen molar-refractivity contribution in [3.05, 3.63) is 12.2 Å². The van der Waals surface area contributed by atoms with Crippen molar-refractivity contribution in [2.75, 3.05) is 13.1 Å². The van der Waals surface area contributed by atoms with Crippen LogP contribution in [0.3, 0.4) is 0 Å². The minimum absolute atomic E-state index is 0.0999. The number of carbonyl (C=O) groups is 1. The third-order valence-corrected chi connectivity index (χ3v) is 2.64. The number of carbonyl (C=O) groups excluding carboxylic acids is 1. The Labute approximate surface area is 101 Å². The molecule has 0 spiro atoms. The monoisotopic (exact) mass is 239 g/mol. The lowest BCUT2D eigenvalue weighted by atomic mass is 10.1. The summed E-state index contributed by atoms with van der Waals surface area (Å²) in [7, 11) is 0. The molecule has 17 heavy (non-hydrogen) atoms. The minimum Gasteiger partial charge on any atom is -0.356 e. The van der Waals surface area contributed by atoms with Gasteiger partial charge in [0.15, 0.2) is 0 Å². The van der Waals surface area contributed by atoms with Gasteiger partial charge < -0.3 is 11.1 Å². The van der Waals surface area contributed by atoms with E-state index >= 15 is 0 Å². The smallest absolute Gasteiger partial charge is 0.220 e. The maximum absolute atomic E-state index is 11.4. The molecule has 0 saturated heterocycles. The molecule has 6 heteroatoms. The van der Waals surface area contributed by atoms with Gasteiger partial charge in [-0.3, -0.25) is 9.89 Å². The Morgan fingerprint density at radius 2 is 2.47 bits per heavy atom. The van der Waals surface area contributed by atoms with E-state index in [1.54, 1.807) is 0 Å². The van der Waals surface area contributed by atoms with Crippen LogP contribution in [-0.2, 0) is 11.2 Å². The fraction of sp³-hybridized carbons (Fsp3) is 0.727. The summed E-state index contributed by atoms with van der Waals surface area (Å²) in [4.78, 5) is 15.4. The number of aromatic amines is 1. The molecule has 1 rings (SSSR count). The average molecular weight is 239 g/mol. The molecule has 1 unspecified atom stereocenters. The van der Waals surface area contributed by atoms with Gasteiger partial charge in [0.05, 0.1) is 0 Å². The van der Waals surface area contributed by atoms with Crippen LogP contribution in [-0.4, -0.2) is 34.2 Å². The second kappa shape index (κ2) is 7.78. The second-order valence-electron chi connectivity index (χ2n) is 4.27. The molecule has 1 heterocycles. The molecule has 1 amide bonds. The molecule has 0 aliphatic carbocycles. The first kappa shape index (κ1) is 13.6.